The summed E-state index contributed by atoms with van der Waals surface area (Å²) in [5, 5.41) is 3.50. The Morgan fingerprint density at radius 1 is 1.30 bits per heavy atom. The van der Waals surface area contributed by atoms with E-state index in [1.807, 2.05) is 0 Å². The van der Waals surface area contributed by atoms with Crippen molar-refractivity contribution in [2.45, 2.75) is 46.1 Å². The van der Waals surface area contributed by atoms with Gasteiger partial charge in [-0.2, -0.15) is 0 Å². The molecule has 0 spiro atoms. The van der Waals surface area contributed by atoms with E-state index >= 15 is 0 Å². The Labute approximate surface area is 136 Å². The lowest BCUT2D eigenvalue weighted by Crippen LogP contribution is -2.13. The molecule has 108 valence electrons. The molecule has 0 fully saturated rings. The second kappa shape index (κ2) is 5.68. The summed E-state index contributed by atoms with van der Waals surface area (Å²) < 4.78 is 4.58. The second-order valence-corrected chi connectivity index (χ2v) is 6.99. The van der Waals surface area contributed by atoms with E-state index in [0.717, 1.165) is 39.9 Å². The van der Waals surface area contributed by atoms with Gasteiger partial charge in [-0.1, -0.05) is 13.3 Å². The number of rotatable bonds is 4. The van der Waals surface area contributed by atoms with E-state index in [2.05, 4.69) is 55.6 Å². The van der Waals surface area contributed by atoms with Gasteiger partial charge in [0.2, 0.25) is 5.95 Å². The first-order chi connectivity index (χ1) is 9.65. The van der Waals surface area contributed by atoms with Crippen LogP contribution in [0.3, 0.4) is 0 Å². The Kier molecular flexibility index (Phi) is 4.09. The van der Waals surface area contributed by atoms with Crippen molar-refractivity contribution in [3.05, 3.63) is 20.1 Å². The van der Waals surface area contributed by atoms with Gasteiger partial charge >= 0.3 is 0 Å². The first-order valence-electron chi connectivity index (χ1n) is 7.25. The quantitative estimate of drug-likeness (QED) is 0.729. The zero-order valence-electron chi connectivity index (χ0n) is 11.9. The van der Waals surface area contributed by atoms with E-state index in [1.54, 1.807) is 0 Å². The highest BCUT2D eigenvalue weighted by Gasteiger charge is 2.23. The second-order valence-electron chi connectivity index (χ2n) is 5.40. The fourth-order valence-corrected chi connectivity index (χ4v) is 3.94. The fraction of sp³-hybridized carbons (Fsp3) is 0.533. The highest BCUT2D eigenvalue weighted by Crippen LogP contribution is 2.40. The van der Waals surface area contributed by atoms with Gasteiger partial charge in [-0.15, -0.1) is 0 Å². The number of unbranched alkanes of at least 4 members (excludes halogenated alkanes) is 1. The van der Waals surface area contributed by atoms with E-state index in [-0.39, 0.29) is 0 Å². The molecule has 1 aliphatic rings. The van der Waals surface area contributed by atoms with Crippen molar-refractivity contribution in [3.63, 3.8) is 0 Å². The third kappa shape index (κ3) is 2.19. The number of halogens is 2. The predicted molar refractivity (Wildman–Crippen MR) is 91.6 cm³/mol. The molecule has 20 heavy (non-hydrogen) atoms. The largest absolute Gasteiger partial charge is 0.356 e. The summed E-state index contributed by atoms with van der Waals surface area (Å²) in [6, 6.07) is 0. The Morgan fingerprint density at radius 3 is 2.85 bits per heavy atom. The normalized spacial score (nSPS) is 14.0. The van der Waals surface area contributed by atoms with Crippen LogP contribution in [0.5, 0.6) is 0 Å². The van der Waals surface area contributed by atoms with Crippen LogP contribution < -0.4 is 5.32 Å². The number of aryl methyl sites for hydroxylation is 2. The van der Waals surface area contributed by atoms with E-state index in [0.29, 0.717) is 0 Å². The molecule has 2 aromatic rings. The molecule has 3 nitrogen and oxygen atoms in total. The summed E-state index contributed by atoms with van der Waals surface area (Å²) in [6.07, 6.45) is 4.72. The third-order valence-electron chi connectivity index (χ3n) is 4.06. The summed E-state index contributed by atoms with van der Waals surface area (Å²) in [5.74, 6) is 1.02. The van der Waals surface area contributed by atoms with Gasteiger partial charge in [-0.3, -0.25) is 0 Å². The molecule has 1 aromatic heterocycles. The topological polar surface area (TPSA) is 29.9 Å². The molecule has 5 heteroatoms. The molecule has 1 aliphatic heterocycles. The zero-order chi connectivity index (χ0) is 14.3. The molecule has 1 N–H and O–H groups in total. The Bertz CT molecular complexity index is 661. The molecule has 0 atom stereocenters. The van der Waals surface area contributed by atoms with Crippen LogP contribution in [-0.2, 0) is 13.0 Å². The van der Waals surface area contributed by atoms with Crippen LogP contribution in [-0.4, -0.2) is 16.1 Å². The van der Waals surface area contributed by atoms with Gasteiger partial charge in [0, 0.05) is 17.6 Å². The molecule has 0 saturated heterocycles. The minimum atomic E-state index is 0.993. The highest BCUT2D eigenvalue weighted by molar-refractivity contribution is 9.13. The molecule has 0 aliphatic carbocycles. The molecule has 0 saturated carbocycles. The zero-order valence-corrected chi connectivity index (χ0v) is 15.1. The van der Waals surface area contributed by atoms with Crippen molar-refractivity contribution < 1.29 is 0 Å². The molecule has 0 bridgehead atoms. The average molecular weight is 401 g/mol. The molecular weight excluding hydrogens is 382 g/mol. The summed E-state index contributed by atoms with van der Waals surface area (Å²) in [4.78, 5) is 4.83. The van der Waals surface area contributed by atoms with Crippen LogP contribution in [0.4, 0.5) is 5.95 Å². The van der Waals surface area contributed by atoms with Crippen molar-refractivity contribution in [1.29, 1.82) is 0 Å². The monoisotopic (exact) mass is 399 g/mol. The Hall–Kier alpha value is -0.550. The van der Waals surface area contributed by atoms with Gasteiger partial charge in [-0.05, 0) is 69.2 Å². The molecule has 0 unspecified atom stereocenters. The summed E-state index contributed by atoms with van der Waals surface area (Å²) in [6.45, 7) is 6.46. The number of nitrogens with one attached hydrogen (secondary N) is 1. The van der Waals surface area contributed by atoms with Crippen LogP contribution in [0, 0.1) is 6.92 Å². The minimum absolute atomic E-state index is 0.993. The maximum Gasteiger partial charge on any atom is 0.203 e. The van der Waals surface area contributed by atoms with Crippen LogP contribution >= 0.6 is 31.9 Å². The number of nitrogens with zero attached hydrogens (tertiary/aromatic N) is 2. The molecule has 3 rings (SSSR count). The van der Waals surface area contributed by atoms with E-state index in [1.165, 1.54) is 35.9 Å². The number of anilines is 1. The lowest BCUT2D eigenvalue weighted by atomic mass is 9.99. The third-order valence-corrected chi connectivity index (χ3v) is 6.35. The molecular formula is C15H19Br2N3. The lowest BCUT2D eigenvalue weighted by Gasteiger charge is -2.20. The molecule has 0 amide bonds. The van der Waals surface area contributed by atoms with Crippen molar-refractivity contribution in [3.8, 4) is 0 Å². The van der Waals surface area contributed by atoms with Crippen molar-refractivity contribution >= 4 is 48.8 Å². The van der Waals surface area contributed by atoms with Gasteiger partial charge in [-0.25, -0.2) is 4.98 Å². The molecule has 0 radical (unpaired) electrons. The molecule has 2 heterocycles. The highest BCUT2D eigenvalue weighted by atomic mass is 79.9. The minimum Gasteiger partial charge on any atom is -0.356 e. The molecule has 1 aromatic carbocycles. The van der Waals surface area contributed by atoms with E-state index < -0.39 is 0 Å². The van der Waals surface area contributed by atoms with E-state index in [4.69, 9.17) is 4.98 Å². The number of benzene rings is 1. The number of hydrogen-bond donors (Lipinski definition) is 1. The van der Waals surface area contributed by atoms with Crippen LogP contribution in [0.2, 0.25) is 0 Å². The standard InChI is InChI=1S/C15H19Br2N3/c1-3-4-7-18-15-19-13-12(17)11(16)9(2)10-6-5-8-20(15)14(10)13/h3-8H2,1-2H3,(H,18,19). The van der Waals surface area contributed by atoms with Crippen molar-refractivity contribution in [2.24, 2.45) is 0 Å². The maximum absolute atomic E-state index is 4.83. The smallest absolute Gasteiger partial charge is 0.203 e. The SMILES string of the molecule is CCCCNc1nc2c(Br)c(Br)c(C)c3c2n1CCC3. The summed E-state index contributed by atoms with van der Waals surface area (Å²) in [7, 11) is 0. The van der Waals surface area contributed by atoms with Gasteiger partial charge in [0.1, 0.15) is 5.52 Å². The van der Waals surface area contributed by atoms with E-state index in [9.17, 15) is 0 Å². The average Bonchev–Trinajstić information content (AvgIpc) is 2.83. The first kappa shape index (κ1) is 14.4. The lowest BCUT2D eigenvalue weighted by molar-refractivity contribution is 0.632. The van der Waals surface area contributed by atoms with Crippen molar-refractivity contribution in [2.75, 3.05) is 11.9 Å². The Morgan fingerprint density at radius 2 is 2.10 bits per heavy atom. The summed E-state index contributed by atoms with van der Waals surface area (Å²) >= 11 is 7.40. The van der Waals surface area contributed by atoms with Gasteiger partial charge < -0.3 is 9.88 Å². The Balaban J connectivity index is 2.16. The van der Waals surface area contributed by atoms with Crippen LogP contribution in [0.25, 0.3) is 11.0 Å². The number of aromatic nitrogens is 2. The first-order valence-corrected chi connectivity index (χ1v) is 8.84. The summed E-state index contributed by atoms with van der Waals surface area (Å²) in [5.41, 5.74) is 5.17. The fourth-order valence-electron chi connectivity index (χ4n) is 2.94. The van der Waals surface area contributed by atoms with Crippen molar-refractivity contribution in [1.82, 2.24) is 9.55 Å². The predicted octanol–water partition coefficient (Wildman–Crippen LogP) is 5.03. The van der Waals surface area contributed by atoms with Gasteiger partial charge in [0.15, 0.2) is 0 Å². The maximum atomic E-state index is 4.83. The van der Waals surface area contributed by atoms with Crippen LogP contribution in [0.1, 0.15) is 37.3 Å². The number of hydrogen-bond acceptors (Lipinski definition) is 2. The van der Waals surface area contributed by atoms with Gasteiger partial charge in [0.25, 0.3) is 0 Å². The number of imidazole rings is 1. The van der Waals surface area contributed by atoms with Gasteiger partial charge in [0.05, 0.1) is 9.99 Å². The van der Waals surface area contributed by atoms with Crippen LogP contribution in [0.15, 0.2) is 8.95 Å².